The van der Waals surface area contributed by atoms with Gasteiger partial charge in [0.25, 0.3) is 11.2 Å². The van der Waals surface area contributed by atoms with E-state index in [0.29, 0.717) is 43.4 Å². The third-order valence-electron chi connectivity index (χ3n) is 6.22. The Hall–Kier alpha value is -4.77. The number of hydrogen-bond donors (Lipinski definition) is 0. The van der Waals surface area contributed by atoms with Crippen molar-refractivity contribution in [2.45, 2.75) is 19.9 Å². The Morgan fingerprint density at radius 2 is 1.92 bits per heavy atom. The third-order valence-corrected chi connectivity index (χ3v) is 7.20. The second-order valence-corrected chi connectivity index (χ2v) is 9.53. The average molecular weight is 546 g/mol. The van der Waals surface area contributed by atoms with Crippen LogP contribution in [0.1, 0.15) is 31.2 Å². The van der Waals surface area contributed by atoms with Crippen LogP contribution in [0.3, 0.4) is 0 Å². The molecular weight excluding hydrogens is 522 g/mol. The van der Waals surface area contributed by atoms with E-state index in [1.807, 2.05) is 0 Å². The van der Waals surface area contributed by atoms with E-state index >= 15 is 0 Å². The van der Waals surface area contributed by atoms with Crippen LogP contribution in [0.4, 0.5) is 5.69 Å². The number of rotatable bonds is 7. The van der Waals surface area contributed by atoms with Crippen molar-refractivity contribution in [3.63, 3.8) is 0 Å². The second kappa shape index (κ2) is 10.5. The van der Waals surface area contributed by atoms with Crippen LogP contribution in [-0.4, -0.2) is 29.2 Å². The molecule has 0 N–H and O–H groups in total. The summed E-state index contributed by atoms with van der Waals surface area (Å²) in [6, 6.07) is 15.9. The molecule has 198 valence electrons. The van der Waals surface area contributed by atoms with Gasteiger partial charge in [0.15, 0.2) is 4.80 Å². The zero-order chi connectivity index (χ0) is 27.7. The number of allylic oxidation sites excluding steroid dienone is 1. The highest BCUT2D eigenvalue weighted by molar-refractivity contribution is 7.07. The fourth-order valence-electron chi connectivity index (χ4n) is 4.52. The zero-order valence-corrected chi connectivity index (χ0v) is 22.1. The minimum atomic E-state index is -0.822. The molecule has 0 radical (unpaired) electrons. The monoisotopic (exact) mass is 545 g/mol. The van der Waals surface area contributed by atoms with Gasteiger partial charge in [-0.1, -0.05) is 41.7 Å². The number of aromatic nitrogens is 1. The van der Waals surface area contributed by atoms with Gasteiger partial charge in [-0.3, -0.25) is 19.5 Å². The molecule has 0 saturated heterocycles. The SMILES string of the molecule is CCOC(=O)C1=C(C)N=c2s/c(=C\c3ccc(-c4ccccc4[N+](=O)[O-])o3)c(=O)n2C1c1ccccc1OC. The number of para-hydroxylation sites is 2. The van der Waals surface area contributed by atoms with E-state index in [2.05, 4.69) is 4.99 Å². The molecule has 1 aliphatic rings. The van der Waals surface area contributed by atoms with Crippen LogP contribution in [0.25, 0.3) is 17.4 Å². The highest BCUT2D eigenvalue weighted by Gasteiger charge is 2.35. The standard InChI is InChI=1S/C28H23N3O7S/c1-4-37-27(33)24-16(2)29-28-30(25(24)19-10-6-8-12-21(19)36-3)26(32)23(39-28)15-17-13-14-22(38-17)18-9-5-7-11-20(18)31(34)35/h5-15,25H,4H2,1-3H3/b23-15-. The summed E-state index contributed by atoms with van der Waals surface area (Å²) in [4.78, 5) is 42.8. The van der Waals surface area contributed by atoms with Gasteiger partial charge in [0, 0.05) is 17.7 Å². The molecule has 0 spiro atoms. The van der Waals surface area contributed by atoms with Crippen LogP contribution < -0.4 is 19.6 Å². The predicted octanol–water partition coefficient (Wildman–Crippen LogP) is 3.98. The van der Waals surface area contributed by atoms with E-state index in [-0.39, 0.29) is 23.4 Å². The van der Waals surface area contributed by atoms with Crippen LogP contribution in [0, 0.1) is 10.1 Å². The van der Waals surface area contributed by atoms with Crippen LogP contribution in [0.5, 0.6) is 5.75 Å². The number of nitro groups is 1. The zero-order valence-electron chi connectivity index (χ0n) is 21.2. The van der Waals surface area contributed by atoms with Crippen molar-refractivity contribution in [3.05, 3.63) is 113 Å². The number of nitro benzene ring substituents is 1. The number of ether oxygens (including phenoxy) is 2. The molecule has 5 rings (SSSR count). The van der Waals surface area contributed by atoms with E-state index in [1.54, 1.807) is 74.5 Å². The molecule has 0 saturated carbocycles. The van der Waals surface area contributed by atoms with Crippen molar-refractivity contribution >= 4 is 29.1 Å². The maximum absolute atomic E-state index is 13.8. The molecule has 39 heavy (non-hydrogen) atoms. The smallest absolute Gasteiger partial charge is 0.338 e. The number of carbonyl (C=O) groups excluding carboxylic acids is 1. The number of thiazole rings is 1. The molecule has 11 heteroatoms. The highest BCUT2D eigenvalue weighted by Crippen LogP contribution is 2.36. The lowest BCUT2D eigenvalue weighted by Crippen LogP contribution is -2.40. The van der Waals surface area contributed by atoms with Gasteiger partial charge in [0.1, 0.15) is 23.3 Å². The van der Waals surface area contributed by atoms with Gasteiger partial charge in [-0.2, -0.15) is 0 Å². The molecule has 1 unspecified atom stereocenters. The molecular formula is C28H23N3O7S. The largest absolute Gasteiger partial charge is 0.496 e. The van der Waals surface area contributed by atoms with Gasteiger partial charge in [-0.15, -0.1) is 0 Å². The molecule has 10 nitrogen and oxygen atoms in total. The van der Waals surface area contributed by atoms with Crippen LogP contribution in [-0.2, 0) is 9.53 Å². The van der Waals surface area contributed by atoms with Crippen molar-refractivity contribution in [3.8, 4) is 17.1 Å². The third kappa shape index (κ3) is 4.68. The fourth-order valence-corrected chi connectivity index (χ4v) is 5.55. The topological polar surface area (TPSA) is 126 Å². The summed E-state index contributed by atoms with van der Waals surface area (Å²) in [5.41, 5.74) is 1.16. The Kier molecular flexibility index (Phi) is 6.99. The van der Waals surface area contributed by atoms with Crippen molar-refractivity contribution in [2.24, 2.45) is 4.99 Å². The van der Waals surface area contributed by atoms with Gasteiger partial charge in [0.05, 0.1) is 40.0 Å². The molecule has 0 bridgehead atoms. The maximum atomic E-state index is 13.8. The van der Waals surface area contributed by atoms with Crippen LogP contribution in [0.2, 0.25) is 0 Å². The number of furan rings is 1. The van der Waals surface area contributed by atoms with Crippen molar-refractivity contribution in [1.29, 1.82) is 0 Å². The molecule has 1 atom stereocenters. The van der Waals surface area contributed by atoms with Gasteiger partial charge in [-0.25, -0.2) is 9.79 Å². The Bertz CT molecular complexity index is 1810. The second-order valence-electron chi connectivity index (χ2n) is 8.52. The van der Waals surface area contributed by atoms with Crippen molar-refractivity contribution in [1.82, 2.24) is 4.57 Å². The van der Waals surface area contributed by atoms with E-state index in [9.17, 15) is 19.7 Å². The maximum Gasteiger partial charge on any atom is 0.338 e. The van der Waals surface area contributed by atoms with E-state index in [4.69, 9.17) is 13.9 Å². The summed E-state index contributed by atoms with van der Waals surface area (Å²) in [5.74, 6) is 0.579. The molecule has 4 aromatic rings. The number of fused-ring (bicyclic) bond motifs is 1. The Morgan fingerprint density at radius 3 is 2.67 bits per heavy atom. The van der Waals surface area contributed by atoms with Gasteiger partial charge in [0.2, 0.25) is 0 Å². The van der Waals surface area contributed by atoms with E-state index < -0.39 is 16.9 Å². The van der Waals surface area contributed by atoms with Gasteiger partial charge in [-0.05, 0) is 38.1 Å². The molecule has 0 amide bonds. The summed E-state index contributed by atoms with van der Waals surface area (Å²) in [5, 5.41) is 11.4. The number of esters is 1. The van der Waals surface area contributed by atoms with Gasteiger partial charge < -0.3 is 13.9 Å². The highest BCUT2D eigenvalue weighted by atomic mass is 32.1. The first kappa shape index (κ1) is 25.9. The number of nitrogens with zero attached hydrogens (tertiary/aromatic N) is 3. The van der Waals surface area contributed by atoms with E-state index in [1.165, 1.54) is 17.7 Å². The minimum absolute atomic E-state index is 0.0865. The quantitative estimate of drug-likeness (QED) is 0.195. The molecule has 1 aliphatic heterocycles. The Labute approximate surface area is 225 Å². The molecule has 2 aromatic carbocycles. The van der Waals surface area contributed by atoms with Gasteiger partial charge >= 0.3 is 5.97 Å². The summed E-state index contributed by atoms with van der Waals surface area (Å²) in [6.07, 6.45) is 1.56. The Morgan fingerprint density at radius 1 is 1.18 bits per heavy atom. The first-order valence-corrected chi connectivity index (χ1v) is 12.8. The van der Waals surface area contributed by atoms with Crippen LogP contribution >= 0.6 is 11.3 Å². The summed E-state index contributed by atoms with van der Waals surface area (Å²) < 4.78 is 18.5. The summed E-state index contributed by atoms with van der Waals surface area (Å²) in [7, 11) is 1.52. The van der Waals surface area contributed by atoms with Crippen molar-refractivity contribution < 1.29 is 23.6 Å². The first-order valence-electron chi connectivity index (χ1n) is 12.0. The lowest BCUT2D eigenvalue weighted by Gasteiger charge is -2.25. The fraction of sp³-hybridized carbons (Fsp3) is 0.179. The number of methoxy groups -OCH3 is 1. The predicted molar refractivity (Wildman–Crippen MR) is 144 cm³/mol. The molecule has 2 aromatic heterocycles. The normalized spacial score (nSPS) is 15.1. The molecule has 0 aliphatic carbocycles. The number of benzene rings is 2. The molecule has 0 fully saturated rings. The van der Waals surface area contributed by atoms with Crippen molar-refractivity contribution in [2.75, 3.05) is 13.7 Å². The number of carbonyl (C=O) groups is 1. The Balaban J connectivity index is 1.66. The van der Waals surface area contributed by atoms with E-state index in [0.717, 1.165) is 11.3 Å². The summed E-state index contributed by atoms with van der Waals surface area (Å²) >= 11 is 1.15. The lowest BCUT2D eigenvalue weighted by molar-refractivity contribution is -0.384. The van der Waals surface area contributed by atoms with Crippen LogP contribution in [0.15, 0.2) is 86.1 Å². The lowest BCUT2D eigenvalue weighted by atomic mass is 9.95. The molecule has 3 heterocycles. The first-order chi connectivity index (χ1) is 18.8. The average Bonchev–Trinajstić information content (AvgIpc) is 3.52. The minimum Gasteiger partial charge on any atom is -0.496 e. The number of hydrogen-bond acceptors (Lipinski definition) is 9. The summed E-state index contributed by atoms with van der Waals surface area (Å²) in [6.45, 7) is 3.58.